The maximum Gasteiger partial charge on any atom is 0.472 e. The van der Waals surface area contributed by atoms with Gasteiger partial charge in [0.05, 0.1) is 13.2 Å². The zero-order valence-electron chi connectivity index (χ0n) is 39.0. The van der Waals surface area contributed by atoms with Crippen molar-refractivity contribution >= 4 is 13.8 Å². The standard InChI is InChI=1S/C48H95O12P/c1-3-5-7-9-11-13-15-17-18-19-20-21-22-23-24-25-26-27-29-31-33-35-37-42(49)59-41(39-57-38-36-34-32-30-28-16-14-12-10-8-6-4-2)40-58-61(55,56)60-48-46(53)44(51)43(50)45(52)47(48)54/h41,43-48,50-54H,3-40H2,1-2H3,(H,55,56). The second kappa shape index (κ2) is 39.7. The smallest absolute Gasteiger partial charge is 0.457 e. The lowest BCUT2D eigenvalue weighted by atomic mass is 9.85. The first kappa shape index (κ1) is 58.4. The highest BCUT2D eigenvalue weighted by molar-refractivity contribution is 7.47. The molecule has 1 saturated carbocycles. The highest BCUT2D eigenvalue weighted by atomic mass is 31.2. The van der Waals surface area contributed by atoms with Gasteiger partial charge in [-0.3, -0.25) is 13.8 Å². The normalized spacial score (nSPS) is 22.0. The summed E-state index contributed by atoms with van der Waals surface area (Å²) in [5, 5.41) is 50.2. The number of aliphatic hydroxyl groups is 5. The molecule has 364 valence electrons. The van der Waals surface area contributed by atoms with E-state index in [2.05, 4.69) is 13.8 Å². The van der Waals surface area contributed by atoms with Gasteiger partial charge in [-0.05, 0) is 12.8 Å². The van der Waals surface area contributed by atoms with E-state index in [0.717, 1.165) is 38.5 Å². The fraction of sp³-hybridized carbons (Fsp3) is 0.979. The Morgan fingerprint density at radius 2 is 0.770 bits per heavy atom. The molecule has 13 heteroatoms. The minimum Gasteiger partial charge on any atom is -0.457 e. The second-order valence-corrected chi connectivity index (χ2v) is 19.4. The molecule has 0 heterocycles. The van der Waals surface area contributed by atoms with Crippen molar-refractivity contribution in [3.05, 3.63) is 0 Å². The lowest BCUT2D eigenvalue weighted by Crippen LogP contribution is -2.64. The van der Waals surface area contributed by atoms with E-state index in [0.29, 0.717) is 13.0 Å². The summed E-state index contributed by atoms with van der Waals surface area (Å²) in [4.78, 5) is 23.2. The first-order valence-electron chi connectivity index (χ1n) is 25.4. The third-order valence-electron chi connectivity index (χ3n) is 12.2. The van der Waals surface area contributed by atoms with Crippen molar-refractivity contribution in [1.29, 1.82) is 0 Å². The number of aliphatic hydroxyl groups excluding tert-OH is 5. The van der Waals surface area contributed by atoms with E-state index in [9.17, 15) is 39.8 Å². The van der Waals surface area contributed by atoms with E-state index in [1.165, 1.54) is 173 Å². The van der Waals surface area contributed by atoms with E-state index in [4.69, 9.17) is 18.5 Å². The van der Waals surface area contributed by atoms with Gasteiger partial charge in [0.25, 0.3) is 0 Å². The van der Waals surface area contributed by atoms with Crippen LogP contribution in [0, 0.1) is 0 Å². The molecule has 0 aromatic rings. The highest BCUT2D eigenvalue weighted by Gasteiger charge is 2.51. The van der Waals surface area contributed by atoms with Gasteiger partial charge in [0, 0.05) is 13.0 Å². The second-order valence-electron chi connectivity index (χ2n) is 18.0. The van der Waals surface area contributed by atoms with Crippen LogP contribution in [0.25, 0.3) is 0 Å². The Morgan fingerprint density at radius 1 is 0.459 bits per heavy atom. The van der Waals surface area contributed by atoms with Crippen LogP contribution >= 0.6 is 7.82 Å². The molecule has 0 saturated heterocycles. The Bertz CT molecular complexity index is 1020. The number of esters is 1. The third kappa shape index (κ3) is 31.8. The Labute approximate surface area is 372 Å². The number of ether oxygens (including phenoxy) is 2. The predicted molar refractivity (Wildman–Crippen MR) is 244 cm³/mol. The van der Waals surface area contributed by atoms with E-state index in [1.54, 1.807) is 0 Å². The molecule has 1 aliphatic rings. The average Bonchev–Trinajstić information content (AvgIpc) is 3.24. The van der Waals surface area contributed by atoms with E-state index < -0.39 is 63.1 Å². The van der Waals surface area contributed by atoms with Crippen LogP contribution in [-0.4, -0.2) is 98.9 Å². The zero-order chi connectivity index (χ0) is 44.8. The molecule has 12 nitrogen and oxygen atoms in total. The first-order chi connectivity index (χ1) is 29.5. The SMILES string of the molecule is CCCCCCCCCCCCCCCCCCCCCCCCC(=O)OC(COCCCCCCCCCCCCCC)COP(=O)(O)OC1C(O)C(O)C(O)C(O)C1O. The van der Waals surface area contributed by atoms with Crippen LogP contribution in [0.1, 0.15) is 239 Å². The number of hydrogen-bond donors (Lipinski definition) is 6. The topological polar surface area (TPSA) is 192 Å². The molecule has 0 aromatic carbocycles. The van der Waals surface area contributed by atoms with Crippen molar-refractivity contribution in [2.45, 2.75) is 281 Å². The summed E-state index contributed by atoms with van der Waals surface area (Å²) < 4.78 is 34.2. The summed E-state index contributed by atoms with van der Waals surface area (Å²) in [6, 6.07) is 0. The Hall–Kier alpha value is -0.660. The number of unbranched alkanes of at least 4 members (excludes halogenated alkanes) is 32. The number of rotatable bonds is 44. The maximum absolute atomic E-state index is 12.8. The summed E-state index contributed by atoms with van der Waals surface area (Å²) >= 11 is 0. The number of phosphoric acid groups is 1. The highest BCUT2D eigenvalue weighted by Crippen LogP contribution is 2.47. The van der Waals surface area contributed by atoms with E-state index >= 15 is 0 Å². The molecule has 1 fully saturated rings. The lowest BCUT2D eigenvalue weighted by molar-refractivity contribution is -0.220. The monoisotopic (exact) mass is 895 g/mol. The van der Waals surface area contributed by atoms with Crippen LogP contribution in [-0.2, 0) is 27.9 Å². The van der Waals surface area contributed by atoms with Gasteiger partial charge in [-0.1, -0.05) is 219 Å². The summed E-state index contributed by atoms with van der Waals surface area (Å²) in [6.45, 7) is 4.30. The largest absolute Gasteiger partial charge is 0.472 e. The maximum atomic E-state index is 12.8. The molecule has 1 aliphatic carbocycles. The molecule has 0 radical (unpaired) electrons. The molecule has 0 aliphatic heterocycles. The molecular weight excluding hydrogens is 799 g/mol. The number of hydrogen-bond acceptors (Lipinski definition) is 11. The van der Waals surface area contributed by atoms with Gasteiger partial charge in [0.1, 0.15) is 42.7 Å². The van der Waals surface area contributed by atoms with Gasteiger partial charge >= 0.3 is 13.8 Å². The molecule has 6 unspecified atom stereocenters. The fourth-order valence-electron chi connectivity index (χ4n) is 8.18. The quantitative estimate of drug-likeness (QED) is 0.0193. The predicted octanol–water partition coefficient (Wildman–Crippen LogP) is 10.9. The molecule has 6 atom stereocenters. The zero-order valence-corrected chi connectivity index (χ0v) is 39.9. The molecule has 0 amide bonds. The molecule has 61 heavy (non-hydrogen) atoms. The van der Waals surface area contributed by atoms with E-state index in [1.807, 2.05) is 0 Å². The summed E-state index contributed by atoms with van der Waals surface area (Å²) in [6.07, 6.45) is 30.3. The minimum atomic E-state index is -5.01. The van der Waals surface area contributed by atoms with Crippen LogP contribution in [0.15, 0.2) is 0 Å². The molecule has 1 rings (SSSR count). The van der Waals surface area contributed by atoms with Crippen LogP contribution in [0.4, 0.5) is 0 Å². The fourth-order valence-corrected chi connectivity index (χ4v) is 9.15. The van der Waals surface area contributed by atoms with Crippen LogP contribution in [0.3, 0.4) is 0 Å². The third-order valence-corrected chi connectivity index (χ3v) is 13.2. The van der Waals surface area contributed by atoms with Gasteiger partial charge in [-0.2, -0.15) is 0 Å². The molecule has 0 spiro atoms. The first-order valence-corrected chi connectivity index (χ1v) is 26.9. The molecule has 0 bridgehead atoms. The van der Waals surface area contributed by atoms with Crippen LogP contribution < -0.4 is 0 Å². The van der Waals surface area contributed by atoms with Gasteiger partial charge in [0.2, 0.25) is 0 Å². The number of carbonyl (C=O) groups is 1. The van der Waals surface area contributed by atoms with Gasteiger partial charge < -0.3 is 39.9 Å². The van der Waals surface area contributed by atoms with Crippen molar-refractivity contribution < 1.29 is 58.3 Å². The van der Waals surface area contributed by atoms with Crippen LogP contribution in [0.2, 0.25) is 0 Å². The van der Waals surface area contributed by atoms with Crippen molar-refractivity contribution in [2.24, 2.45) is 0 Å². The van der Waals surface area contributed by atoms with Gasteiger partial charge in [-0.25, -0.2) is 4.57 Å². The molecule has 6 N–H and O–H groups in total. The number of carbonyl (C=O) groups excluding carboxylic acids is 1. The minimum absolute atomic E-state index is 0.0680. The number of phosphoric ester groups is 1. The summed E-state index contributed by atoms with van der Waals surface area (Å²) in [5.41, 5.74) is 0. The molecular formula is C48H95O12P. The van der Waals surface area contributed by atoms with Gasteiger partial charge in [-0.15, -0.1) is 0 Å². The van der Waals surface area contributed by atoms with E-state index in [-0.39, 0.29) is 13.0 Å². The Morgan fingerprint density at radius 3 is 1.13 bits per heavy atom. The van der Waals surface area contributed by atoms with Crippen molar-refractivity contribution in [1.82, 2.24) is 0 Å². The molecule has 0 aromatic heterocycles. The Kier molecular flexibility index (Phi) is 38.0. The van der Waals surface area contributed by atoms with Crippen molar-refractivity contribution in [2.75, 3.05) is 19.8 Å². The lowest BCUT2D eigenvalue weighted by Gasteiger charge is -2.41. The van der Waals surface area contributed by atoms with Gasteiger partial charge in [0.15, 0.2) is 0 Å². The van der Waals surface area contributed by atoms with Crippen LogP contribution in [0.5, 0.6) is 0 Å². The van der Waals surface area contributed by atoms with Crippen molar-refractivity contribution in [3.8, 4) is 0 Å². The summed E-state index contributed by atoms with van der Waals surface area (Å²) in [7, 11) is -5.01. The summed E-state index contributed by atoms with van der Waals surface area (Å²) in [5.74, 6) is -0.470. The van der Waals surface area contributed by atoms with Crippen molar-refractivity contribution in [3.63, 3.8) is 0 Å². The average molecular weight is 895 g/mol. The Balaban J connectivity index is 2.29.